The molecule has 5 aromatic rings. The van der Waals surface area contributed by atoms with Crippen LogP contribution in [0.4, 0.5) is 0 Å². The van der Waals surface area contributed by atoms with Crippen molar-refractivity contribution in [2.75, 3.05) is 0 Å². The predicted molar refractivity (Wildman–Crippen MR) is 132 cm³/mol. The van der Waals surface area contributed by atoms with Crippen LogP contribution in [0, 0.1) is 12.1 Å². The molecule has 158 valence electrons. The quantitative estimate of drug-likeness (QED) is 0.126. The predicted octanol–water partition coefficient (Wildman–Crippen LogP) is 6.92. The fourth-order valence-corrected chi connectivity index (χ4v) is 3.52. The summed E-state index contributed by atoms with van der Waals surface area (Å²) in [4.78, 5) is 8.84. The molecule has 0 saturated heterocycles. The number of fused-ring (bicyclic) bond motifs is 3. The molecule has 0 spiro atoms. The van der Waals surface area contributed by atoms with E-state index in [1.807, 2.05) is 36.5 Å². The van der Waals surface area contributed by atoms with Crippen molar-refractivity contribution in [3.05, 3.63) is 139 Å². The summed E-state index contributed by atoms with van der Waals surface area (Å²) < 4.78 is 29.3. The Morgan fingerprint density at radius 1 is 1.06 bits per heavy atom. The number of nitrogens with zero attached hydrogens (tertiary/aromatic N) is 3. The van der Waals surface area contributed by atoms with Gasteiger partial charge in [-0.1, -0.05) is 35.5 Å². The summed E-state index contributed by atoms with van der Waals surface area (Å²) in [6.07, 6.45) is 7.55. The molecule has 0 saturated carbocycles. The number of rotatable bonds is 3. The van der Waals surface area contributed by atoms with Crippen LogP contribution in [0.25, 0.3) is 25.7 Å². The van der Waals surface area contributed by atoms with Crippen LogP contribution in [-0.2, 0) is 20.1 Å². The second-order valence-electron chi connectivity index (χ2n) is 5.90. The van der Waals surface area contributed by atoms with E-state index in [2.05, 4.69) is 40.8 Å². The number of hydrogen-bond donors (Lipinski definition) is 0. The van der Waals surface area contributed by atoms with Gasteiger partial charge in [-0.3, -0.25) is 4.98 Å². The van der Waals surface area contributed by atoms with Gasteiger partial charge in [-0.05, 0) is 23.5 Å². The average molecular weight is 615 g/mol. The molecule has 2 aromatic carbocycles. The summed E-state index contributed by atoms with van der Waals surface area (Å²) in [5.74, 6) is 0. The maximum atomic E-state index is 9.40. The molecule has 5 heteroatoms. The molecule has 0 aliphatic heterocycles. The zero-order valence-electron chi connectivity index (χ0n) is 20.9. The SMILES string of the molecule is C=C/C=C\C(=[N-])c1[c-]cccc1.[2H]c1cnc([2H])c([2H])c1[2H].[Ir+3].[c-]1ccc2c(c1)sc1ncccc12. The molecule has 0 radical (unpaired) electrons. The third-order valence-electron chi connectivity index (χ3n) is 3.85. The number of thiophene rings is 1. The van der Waals surface area contributed by atoms with E-state index < -0.39 is 0 Å². The molecule has 3 aromatic heterocycles. The van der Waals surface area contributed by atoms with Gasteiger partial charge in [0.2, 0.25) is 0 Å². The van der Waals surface area contributed by atoms with Crippen molar-refractivity contribution in [1.82, 2.24) is 9.97 Å². The fraction of sp³-hybridized carbons (Fsp3) is 0. The van der Waals surface area contributed by atoms with E-state index in [0.717, 1.165) is 11.0 Å². The first-order valence-electron chi connectivity index (χ1n) is 11.3. The normalized spacial score (nSPS) is 11.5. The van der Waals surface area contributed by atoms with Gasteiger partial charge < -0.3 is 5.41 Å². The minimum absolute atomic E-state index is 0. The molecule has 0 aliphatic carbocycles. The molecule has 0 atom stereocenters. The molecule has 5 rings (SSSR count). The molecule has 0 bridgehead atoms. The number of aromatic nitrogens is 2. The minimum atomic E-state index is -0.285. The molecule has 0 aliphatic rings. The van der Waals surface area contributed by atoms with Crippen LogP contribution in [0.3, 0.4) is 0 Å². The second kappa shape index (κ2) is 13.9. The third-order valence-corrected chi connectivity index (χ3v) is 4.93. The Balaban J connectivity index is 0.000000190. The summed E-state index contributed by atoms with van der Waals surface area (Å²) in [6, 6.07) is 22.8. The maximum absolute atomic E-state index is 9.40. The van der Waals surface area contributed by atoms with Gasteiger partial charge in [-0.2, -0.15) is 41.2 Å². The Morgan fingerprint density at radius 2 is 1.97 bits per heavy atom. The summed E-state index contributed by atoms with van der Waals surface area (Å²) >= 11 is 1.72. The van der Waals surface area contributed by atoms with Crippen LogP contribution in [-0.4, -0.2) is 15.7 Å². The first-order valence-corrected chi connectivity index (χ1v) is 10.1. The summed E-state index contributed by atoms with van der Waals surface area (Å²) in [5, 5.41) is 11.9. The van der Waals surface area contributed by atoms with Crippen molar-refractivity contribution in [3.8, 4) is 0 Å². The van der Waals surface area contributed by atoms with Crippen LogP contribution in [0.2, 0.25) is 0 Å². The van der Waals surface area contributed by atoms with Crippen LogP contribution >= 0.6 is 11.3 Å². The first kappa shape index (κ1) is 19.4. The Morgan fingerprint density at radius 3 is 2.75 bits per heavy atom. The second-order valence-corrected chi connectivity index (χ2v) is 6.93. The van der Waals surface area contributed by atoms with E-state index in [4.69, 9.17) is 5.48 Å². The van der Waals surface area contributed by atoms with Crippen molar-refractivity contribution in [1.29, 1.82) is 0 Å². The Bertz CT molecular complexity index is 1410. The van der Waals surface area contributed by atoms with Crippen molar-refractivity contribution in [2.45, 2.75) is 0 Å². The Hall–Kier alpha value is -3.24. The maximum Gasteiger partial charge on any atom is 3.00 e. The Kier molecular flexibility index (Phi) is 8.47. The number of hydrogen-bond acceptors (Lipinski definition) is 3. The van der Waals surface area contributed by atoms with Crippen LogP contribution < -0.4 is 0 Å². The van der Waals surface area contributed by atoms with Crippen LogP contribution in [0.1, 0.15) is 11.0 Å². The molecule has 3 heterocycles. The van der Waals surface area contributed by atoms with Gasteiger partial charge >= 0.3 is 20.1 Å². The van der Waals surface area contributed by atoms with Crippen molar-refractivity contribution in [2.24, 2.45) is 0 Å². The first-order chi connectivity index (χ1) is 16.9. The largest absolute Gasteiger partial charge is 3.00 e. The fourth-order valence-electron chi connectivity index (χ4n) is 2.50. The van der Waals surface area contributed by atoms with E-state index in [0.29, 0.717) is 5.56 Å². The average Bonchev–Trinajstić information content (AvgIpc) is 3.28. The van der Waals surface area contributed by atoms with E-state index in [1.54, 1.807) is 41.7 Å². The standard InChI is InChI=1S/C11H6NS.C11H9N.C5H5N.Ir/c1-2-6-10-8(4-1)9-5-3-7-12-11(9)13-10;1-2-3-9-11(12)10-7-5-4-6-8-10;1-2-4-6-5-3-1;/h1,3-7H;2-7,9H,1H2;1-5H;/q-1;-2;;+3/b;9-3-;;/i;;1D,2D,3D,4D;. The monoisotopic (exact) mass is 615 g/mol. The number of pyridine rings is 2. The zero-order chi connectivity index (χ0) is 25.2. The minimum Gasteiger partial charge on any atom is -0.855 e. The van der Waals surface area contributed by atoms with Crippen molar-refractivity contribution in [3.63, 3.8) is 0 Å². The van der Waals surface area contributed by atoms with Gasteiger partial charge in [0, 0.05) is 18.6 Å². The molecule has 32 heavy (non-hydrogen) atoms. The smallest absolute Gasteiger partial charge is 0.855 e. The topological polar surface area (TPSA) is 48.1 Å². The van der Waals surface area contributed by atoms with E-state index >= 15 is 0 Å². The van der Waals surface area contributed by atoms with Gasteiger partial charge in [0.25, 0.3) is 0 Å². The number of allylic oxidation sites excluding steroid dienone is 3. The molecular weight excluding hydrogens is 591 g/mol. The van der Waals surface area contributed by atoms with Crippen LogP contribution in [0.5, 0.6) is 0 Å². The molecule has 0 unspecified atom stereocenters. The van der Waals surface area contributed by atoms with Crippen molar-refractivity contribution < 1.29 is 25.6 Å². The summed E-state index contributed by atoms with van der Waals surface area (Å²) in [5.41, 5.74) is 0.895. The van der Waals surface area contributed by atoms with Crippen LogP contribution in [0.15, 0.2) is 116 Å². The third kappa shape index (κ3) is 7.47. The molecule has 0 amide bonds. The zero-order valence-corrected chi connectivity index (χ0v) is 20.1. The van der Waals surface area contributed by atoms with Gasteiger partial charge in [-0.15, -0.1) is 41.8 Å². The van der Waals surface area contributed by atoms with Crippen molar-refractivity contribution >= 4 is 37.4 Å². The summed E-state index contributed by atoms with van der Waals surface area (Å²) in [7, 11) is 0. The van der Waals surface area contributed by atoms with Gasteiger partial charge in [0.15, 0.2) is 0 Å². The Labute approximate surface area is 211 Å². The molecule has 0 fully saturated rings. The summed E-state index contributed by atoms with van der Waals surface area (Å²) in [6.45, 7) is 3.50. The van der Waals surface area contributed by atoms with E-state index in [1.165, 1.54) is 15.5 Å². The molecule has 0 N–H and O–H groups in total. The number of benzene rings is 2. The van der Waals surface area contributed by atoms with Gasteiger partial charge in [0.05, 0.1) is 5.48 Å². The van der Waals surface area contributed by atoms with Gasteiger partial charge in [-0.25, -0.2) is 10.7 Å². The van der Waals surface area contributed by atoms with E-state index in [-0.39, 0.29) is 50.1 Å². The van der Waals surface area contributed by atoms with Gasteiger partial charge in [0.1, 0.15) is 4.83 Å². The molecule has 3 nitrogen and oxygen atoms in total. The molecular formula is C27H20IrN3S. The van der Waals surface area contributed by atoms with E-state index in [9.17, 15) is 5.41 Å².